The fourth-order valence-electron chi connectivity index (χ4n) is 0.584. The molecule has 0 fully saturated rings. The molecule has 0 aliphatic carbocycles. The van der Waals surface area contributed by atoms with E-state index in [1.54, 1.807) is 0 Å². The lowest BCUT2D eigenvalue weighted by atomic mass is 10.2. The maximum atomic E-state index is 11.5. The van der Waals surface area contributed by atoms with Gasteiger partial charge in [0.05, 0.1) is 0 Å². The van der Waals surface area contributed by atoms with Crippen LogP contribution in [0.4, 0.5) is 0 Å². The van der Waals surface area contributed by atoms with Crippen molar-refractivity contribution in [1.29, 1.82) is 0 Å². The highest BCUT2D eigenvalue weighted by molar-refractivity contribution is 7.92. The number of hydrogen-bond acceptors (Lipinski definition) is 3. The highest BCUT2D eigenvalue weighted by Gasteiger charge is 2.40. The standard InChI is InChI=1S/C6H14NO3PS/c1-6(2,5(8)11)12(9,10)7(3)4/h11H2,1-4H3. The molecule has 0 amide bonds. The van der Waals surface area contributed by atoms with Crippen LogP contribution in [0.15, 0.2) is 0 Å². The van der Waals surface area contributed by atoms with Gasteiger partial charge in [0.25, 0.3) is 0 Å². The molecule has 0 rings (SSSR count). The zero-order chi connectivity index (χ0) is 10.2. The van der Waals surface area contributed by atoms with Gasteiger partial charge in [0.15, 0.2) is 5.52 Å². The van der Waals surface area contributed by atoms with Crippen molar-refractivity contribution in [2.45, 2.75) is 18.6 Å². The van der Waals surface area contributed by atoms with Gasteiger partial charge in [-0.15, -0.1) is 0 Å². The molecule has 0 aromatic carbocycles. The fourth-order valence-corrected chi connectivity index (χ4v) is 2.20. The van der Waals surface area contributed by atoms with Crippen molar-refractivity contribution in [3.05, 3.63) is 0 Å². The smallest absolute Gasteiger partial charge is 0.226 e. The number of sulfonamides is 1. The molecular weight excluding hydrogens is 197 g/mol. The van der Waals surface area contributed by atoms with Crippen LogP contribution in [0.5, 0.6) is 0 Å². The molecule has 0 aliphatic heterocycles. The second-order valence-electron chi connectivity index (χ2n) is 3.16. The lowest BCUT2D eigenvalue weighted by Gasteiger charge is -2.25. The third kappa shape index (κ3) is 1.84. The van der Waals surface area contributed by atoms with E-state index < -0.39 is 20.3 Å². The van der Waals surface area contributed by atoms with Crippen LogP contribution in [0, 0.1) is 0 Å². The Hall–Kier alpha value is 0.01000. The van der Waals surface area contributed by atoms with Crippen LogP contribution in [-0.2, 0) is 14.8 Å². The summed E-state index contributed by atoms with van der Waals surface area (Å²) in [5, 5.41) is 0. The van der Waals surface area contributed by atoms with Gasteiger partial charge in [-0.25, -0.2) is 12.7 Å². The van der Waals surface area contributed by atoms with Crippen LogP contribution >= 0.6 is 9.24 Å². The minimum atomic E-state index is -3.51. The van der Waals surface area contributed by atoms with E-state index in [9.17, 15) is 13.2 Å². The molecule has 0 saturated carbocycles. The summed E-state index contributed by atoms with van der Waals surface area (Å²) in [7, 11) is 1.19. The van der Waals surface area contributed by atoms with Crippen molar-refractivity contribution in [2.75, 3.05) is 14.1 Å². The molecular formula is C6H14NO3PS. The van der Waals surface area contributed by atoms with E-state index in [4.69, 9.17) is 0 Å². The van der Waals surface area contributed by atoms with Crippen molar-refractivity contribution >= 4 is 24.8 Å². The minimum Gasteiger partial charge on any atom is -0.293 e. The Labute approximate surface area is 75.6 Å². The van der Waals surface area contributed by atoms with Crippen LogP contribution < -0.4 is 0 Å². The van der Waals surface area contributed by atoms with E-state index in [1.165, 1.54) is 27.9 Å². The van der Waals surface area contributed by atoms with Gasteiger partial charge in [0.1, 0.15) is 4.75 Å². The number of carbonyl (C=O) groups is 1. The first-order valence-corrected chi connectivity index (χ1v) is 5.37. The van der Waals surface area contributed by atoms with E-state index in [0.717, 1.165) is 4.31 Å². The van der Waals surface area contributed by atoms with Crippen LogP contribution in [0.1, 0.15) is 13.8 Å². The van der Waals surface area contributed by atoms with Crippen LogP contribution in [-0.4, -0.2) is 37.1 Å². The topological polar surface area (TPSA) is 54.5 Å². The Morgan fingerprint density at radius 1 is 1.33 bits per heavy atom. The largest absolute Gasteiger partial charge is 0.293 e. The predicted molar refractivity (Wildman–Crippen MR) is 51.4 cm³/mol. The number of nitrogens with zero attached hydrogens (tertiary/aromatic N) is 1. The lowest BCUT2D eigenvalue weighted by Crippen LogP contribution is -2.44. The van der Waals surface area contributed by atoms with Crippen molar-refractivity contribution in [2.24, 2.45) is 0 Å². The second kappa shape index (κ2) is 3.40. The van der Waals surface area contributed by atoms with Crippen molar-refractivity contribution in [1.82, 2.24) is 4.31 Å². The molecule has 1 unspecified atom stereocenters. The molecule has 12 heavy (non-hydrogen) atoms. The van der Waals surface area contributed by atoms with Gasteiger partial charge in [0.2, 0.25) is 10.0 Å². The Morgan fingerprint density at radius 3 is 1.75 bits per heavy atom. The number of carbonyl (C=O) groups excluding carboxylic acids is 1. The molecule has 72 valence electrons. The van der Waals surface area contributed by atoms with Crippen molar-refractivity contribution < 1.29 is 13.2 Å². The van der Waals surface area contributed by atoms with Gasteiger partial charge >= 0.3 is 0 Å². The van der Waals surface area contributed by atoms with E-state index in [1.807, 2.05) is 9.24 Å². The minimum absolute atomic E-state index is 0.434. The maximum Gasteiger partial charge on any atom is 0.226 e. The summed E-state index contributed by atoms with van der Waals surface area (Å²) < 4.78 is 22.7. The van der Waals surface area contributed by atoms with Crippen LogP contribution in [0.2, 0.25) is 0 Å². The first kappa shape index (κ1) is 12.0. The van der Waals surface area contributed by atoms with E-state index >= 15 is 0 Å². The molecule has 0 bridgehead atoms. The van der Waals surface area contributed by atoms with Gasteiger partial charge < -0.3 is 0 Å². The van der Waals surface area contributed by atoms with E-state index in [0.29, 0.717) is 0 Å². The SMILES string of the molecule is CN(C)S(=O)(=O)C(C)(C)C(=O)P. The van der Waals surface area contributed by atoms with Gasteiger partial charge in [-0.3, -0.25) is 4.79 Å². The van der Waals surface area contributed by atoms with Gasteiger partial charge in [-0.2, -0.15) is 0 Å². The maximum absolute atomic E-state index is 11.5. The Kier molecular flexibility index (Phi) is 3.40. The van der Waals surface area contributed by atoms with Gasteiger partial charge in [-0.05, 0) is 13.8 Å². The summed E-state index contributed by atoms with van der Waals surface area (Å²) >= 11 is 0. The Morgan fingerprint density at radius 2 is 1.67 bits per heavy atom. The predicted octanol–water partition coefficient (Wildman–Crippen LogP) is 0.0581. The van der Waals surface area contributed by atoms with Crippen molar-refractivity contribution in [3.63, 3.8) is 0 Å². The van der Waals surface area contributed by atoms with E-state index in [2.05, 4.69) is 0 Å². The summed E-state index contributed by atoms with van der Waals surface area (Å²) in [6, 6.07) is 0. The van der Waals surface area contributed by atoms with Crippen LogP contribution in [0.25, 0.3) is 0 Å². The zero-order valence-corrected chi connectivity index (χ0v) is 9.63. The first-order valence-electron chi connectivity index (χ1n) is 3.36. The highest BCUT2D eigenvalue weighted by Crippen LogP contribution is 2.22. The molecule has 1 atom stereocenters. The van der Waals surface area contributed by atoms with E-state index in [-0.39, 0.29) is 0 Å². The quantitative estimate of drug-likeness (QED) is 0.620. The number of rotatable bonds is 3. The molecule has 0 radical (unpaired) electrons. The van der Waals surface area contributed by atoms with Crippen molar-refractivity contribution in [3.8, 4) is 0 Å². The average molecular weight is 211 g/mol. The zero-order valence-electron chi connectivity index (χ0n) is 7.66. The summed E-state index contributed by atoms with van der Waals surface area (Å²) in [5.74, 6) is 0. The molecule has 0 N–H and O–H groups in total. The molecule has 0 spiro atoms. The average Bonchev–Trinajstić information content (AvgIpc) is 1.86. The normalized spacial score (nSPS) is 13.5. The van der Waals surface area contributed by atoms with Gasteiger partial charge in [0, 0.05) is 14.1 Å². The summed E-state index contributed by atoms with van der Waals surface area (Å²) in [6.45, 7) is 2.77. The first-order chi connectivity index (χ1) is 5.14. The second-order valence-corrected chi connectivity index (χ2v) is 6.39. The molecule has 0 saturated heterocycles. The summed E-state index contributed by atoms with van der Waals surface area (Å²) in [6.07, 6.45) is 0. The number of hydrogen-bond donors (Lipinski definition) is 0. The Balaban J connectivity index is 5.19. The third-order valence-corrected chi connectivity index (χ3v) is 5.10. The summed E-state index contributed by atoms with van der Waals surface area (Å²) in [5.41, 5.74) is -0.434. The molecule has 6 heteroatoms. The van der Waals surface area contributed by atoms with Gasteiger partial charge in [-0.1, -0.05) is 9.24 Å². The lowest BCUT2D eigenvalue weighted by molar-refractivity contribution is -0.112. The molecule has 4 nitrogen and oxygen atoms in total. The molecule has 0 aliphatic rings. The Bertz CT molecular complexity index is 281. The molecule has 0 heterocycles. The molecule has 0 aromatic heterocycles. The fraction of sp³-hybridized carbons (Fsp3) is 0.833. The highest BCUT2D eigenvalue weighted by atomic mass is 32.2. The summed E-state index contributed by atoms with van der Waals surface area (Å²) in [4.78, 5) is 11.0. The molecule has 0 aromatic rings. The third-order valence-electron chi connectivity index (χ3n) is 1.72. The van der Waals surface area contributed by atoms with Crippen LogP contribution in [0.3, 0.4) is 0 Å². The monoisotopic (exact) mass is 211 g/mol.